The Bertz CT molecular complexity index is 1230. The number of halogens is 2. The van der Waals surface area contributed by atoms with Crippen LogP contribution in [-0.2, 0) is 55.3 Å². The minimum atomic E-state index is 0. The van der Waals surface area contributed by atoms with Gasteiger partial charge in [-0.25, -0.2) is 4.98 Å². The van der Waals surface area contributed by atoms with Crippen molar-refractivity contribution in [2.45, 2.75) is 157 Å². The monoisotopic (exact) mass is 750 g/mol. The number of rotatable bonds is 22. The molecule has 1 heterocycles. The van der Waals surface area contributed by atoms with Gasteiger partial charge in [0.05, 0.1) is 35.2 Å². The standard InChI is InChI=1S/C43H63N3.2ClH.Co/c1-7-13-20-34-28-36(22-15-9-3)42(37(29-34)23-16-10-4)44-32-40-26-19-27-41(46-40)33-45-43-38(24-17-11-5)30-35(21-14-8-2)31-39(43)25-18-12-6;;;/h19,26-33H,7-18,20-25H2,1-6H3;2*1H;/q;;;+2/p-2. The maximum atomic E-state index is 5.16. The molecule has 0 aliphatic carbocycles. The second-order valence-corrected chi connectivity index (χ2v) is 13.2. The van der Waals surface area contributed by atoms with Gasteiger partial charge >= 0.3 is 16.8 Å². The molecular formula is C43H63Cl2CoN3. The third kappa shape index (κ3) is 16.3. The summed E-state index contributed by atoms with van der Waals surface area (Å²) in [6.45, 7) is 13.7. The van der Waals surface area contributed by atoms with Crippen LogP contribution in [0.5, 0.6) is 0 Å². The second kappa shape index (κ2) is 27.7. The molecule has 49 heavy (non-hydrogen) atoms. The van der Waals surface area contributed by atoms with Gasteiger partial charge in [0.25, 0.3) is 0 Å². The van der Waals surface area contributed by atoms with Crippen LogP contribution in [0.25, 0.3) is 0 Å². The molecule has 0 saturated heterocycles. The summed E-state index contributed by atoms with van der Waals surface area (Å²) in [4.78, 5) is 15.3. The van der Waals surface area contributed by atoms with Crippen molar-refractivity contribution in [3.05, 3.63) is 87.2 Å². The van der Waals surface area contributed by atoms with Crippen LogP contribution >= 0.6 is 0 Å². The number of unbranched alkanes of at least 4 members (excludes halogenated alkanes) is 6. The number of aromatic nitrogens is 1. The molecule has 0 unspecified atom stereocenters. The van der Waals surface area contributed by atoms with Gasteiger partial charge in [-0.2, -0.15) is 0 Å². The van der Waals surface area contributed by atoms with E-state index in [2.05, 4.69) is 84.0 Å². The number of hydrogen-bond acceptors (Lipinski definition) is 3. The average molecular weight is 752 g/mol. The summed E-state index contributed by atoms with van der Waals surface area (Å²) in [6, 6.07) is 16.0. The van der Waals surface area contributed by atoms with Gasteiger partial charge in [-0.3, -0.25) is 9.98 Å². The first-order chi connectivity index (χ1) is 22.6. The smallest absolute Gasteiger partial charge is 1.00 e. The van der Waals surface area contributed by atoms with E-state index in [-0.39, 0.29) is 41.6 Å². The largest absolute Gasteiger partial charge is 2.00 e. The van der Waals surface area contributed by atoms with Crippen LogP contribution in [0.3, 0.4) is 0 Å². The van der Waals surface area contributed by atoms with Crippen molar-refractivity contribution in [2.75, 3.05) is 0 Å². The first-order valence-corrected chi connectivity index (χ1v) is 18.9. The molecule has 3 rings (SSSR count). The molecule has 0 bridgehead atoms. The minimum Gasteiger partial charge on any atom is -1.00 e. The van der Waals surface area contributed by atoms with Crippen LogP contribution < -0.4 is 24.8 Å². The van der Waals surface area contributed by atoms with Gasteiger partial charge in [-0.1, -0.05) is 110 Å². The molecule has 0 spiro atoms. The molecule has 0 aliphatic rings. The van der Waals surface area contributed by atoms with Gasteiger partial charge in [0.1, 0.15) is 0 Å². The van der Waals surface area contributed by atoms with Gasteiger partial charge < -0.3 is 24.8 Å². The number of nitrogens with zero attached hydrogens (tertiary/aromatic N) is 3. The molecular weight excluding hydrogens is 688 g/mol. The van der Waals surface area contributed by atoms with Gasteiger partial charge in [0.15, 0.2) is 0 Å². The van der Waals surface area contributed by atoms with Crippen molar-refractivity contribution in [3.63, 3.8) is 0 Å². The zero-order valence-electron chi connectivity index (χ0n) is 31.4. The topological polar surface area (TPSA) is 37.6 Å². The fourth-order valence-electron chi connectivity index (χ4n) is 6.15. The molecule has 1 aromatic heterocycles. The van der Waals surface area contributed by atoms with Crippen molar-refractivity contribution < 1.29 is 41.6 Å². The third-order valence-electron chi connectivity index (χ3n) is 8.94. The minimum absolute atomic E-state index is 0. The summed E-state index contributed by atoms with van der Waals surface area (Å²) in [6.07, 6.45) is 25.1. The van der Waals surface area contributed by atoms with Crippen LogP contribution in [0.15, 0.2) is 52.4 Å². The molecule has 0 atom stereocenters. The van der Waals surface area contributed by atoms with E-state index in [1.54, 1.807) is 0 Å². The summed E-state index contributed by atoms with van der Waals surface area (Å²) in [7, 11) is 0. The number of aryl methyl sites for hydroxylation is 6. The first-order valence-electron chi connectivity index (χ1n) is 18.9. The van der Waals surface area contributed by atoms with Crippen molar-refractivity contribution in [2.24, 2.45) is 9.98 Å². The molecule has 2 aromatic carbocycles. The molecule has 0 fully saturated rings. The Hall–Kier alpha value is -1.98. The van der Waals surface area contributed by atoms with Crippen LogP contribution in [0.1, 0.15) is 163 Å². The Morgan fingerprint density at radius 1 is 0.469 bits per heavy atom. The van der Waals surface area contributed by atoms with E-state index in [0.29, 0.717) is 0 Å². The Morgan fingerprint density at radius 3 is 1.04 bits per heavy atom. The quantitative estimate of drug-likeness (QED) is 0.106. The normalized spacial score (nSPS) is 11.1. The summed E-state index contributed by atoms with van der Waals surface area (Å²) in [5.41, 5.74) is 12.7. The Labute approximate surface area is 323 Å². The van der Waals surface area contributed by atoms with Crippen molar-refractivity contribution in [3.8, 4) is 0 Å². The van der Waals surface area contributed by atoms with Crippen molar-refractivity contribution >= 4 is 23.8 Å². The number of benzene rings is 2. The van der Waals surface area contributed by atoms with Crippen molar-refractivity contribution in [1.29, 1.82) is 0 Å². The van der Waals surface area contributed by atoms with Crippen LogP contribution in [0.2, 0.25) is 0 Å². The average Bonchev–Trinajstić information content (AvgIpc) is 3.08. The fourth-order valence-corrected chi connectivity index (χ4v) is 6.15. The molecule has 0 saturated carbocycles. The van der Waals surface area contributed by atoms with Crippen LogP contribution in [-0.4, -0.2) is 17.4 Å². The molecule has 3 nitrogen and oxygen atoms in total. The zero-order valence-corrected chi connectivity index (χ0v) is 33.9. The van der Waals surface area contributed by atoms with E-state index < -0.39 is 0 Å². The summed E-state index contributed by atoms with van der Waals surface area (Å²) in [5, 5.41) is 0. The van der Waals surface area contributed by atoms with E-state index in [4.69, 9.17) is 15.0 Å². The Balaban J connectivity index is 0.00000768. The maximum absolute atomic E-state index is 5.16. The summed E-state index contributed by atoms with van der Waals surface area (Å²) >= 11 is 0. The van der Waals surface area contributed by atoms with E-state index in [0.717, 1.165) is 49.9 Å². The predicted octanol–water partition coefficient (Wildman–Crippen LogP) is 6.64. The van der Waals surface area contributed by atoms with E-state index in [1.165, 1.54) is 122 Å². The predicted molar refractivity (Wildman–Crippen MR) is 203 cm³/mol. The number of pyridine rings is 1. The van der Waals surface area contributed by atoms with Gasteiger partial charge in [-0.15, -0.1) is 0 Å². The number of aliphatic imine (C=N–C) groups is 2. The van der Waals surface area contributed by atoms with Gasteiger partial charge in [0.2, 0.25) is 0 Å². The van der Waals surface area contributed by atoms with Gasteiger partial charge in [0, 0.05) is 0 Å². The van der Waals surface area contributed by atoms with Crippen LogP contribution in [0, 0.1) is 0 Å². The molecule has 1 radical (unpaired) electrons. The Kier molecular flexibility index (Phi) is 26.6. The molecule has 0 amide bonds. The van der Waals surface area contributed by atoms with Gasteiger partial charge in [-0.05, 0) is 123 Å². The molecule has 0 aliphatic heterocycles. The van der Waals surface area contributed by atoms with E-state index in [9.17, 15) is 0 Å². The third-order valence-corrected chi connectivity index (χ3v) is 8.94. The molecule has 273 valence electrons. The van der Waals surface area contributed by atoms with E-state index >= 15 is 0 Å². The SMILES string of the molecule is CCCCc1cc(CCCC)c(N=Cc2cccc(C=Nc3c(CCCC)cc(CCCC)cc3CCCC)n2)c(CCCC)c1.[Cl-].[Cl-].[Co+2]. The maximum Gasteiger partial charge on any atom is 2.00 e. The molecule has 6 heteroatoms. The summed E-state index contributed by atoms with van der Waals surface area (Å²) < 4.78 is 0. The first kappa shape index (κ1) is 47.0. The number of hydrogen-bond donors (Lipinski definition) is 0. The Morgan fingerprint density at radius 2 is 0.755 bits per heavy atom. The van der Waals surface area contributed by atoms with Crippen LogP contribution in [0.4, 0.5) is 11.4 Å². The molecule has 3 aromatic rings. The van der Waals surface area contributed by atoms with Crippen molar-refractivity contribution in [1.82, 2.24) is 4.98 Å². The fraction of sp³-hybridized carbons (Fsp3) is 0.558. The van der Waals surface area contributed by atoms with E-state index in [1.807, 2.05) is 12.4 Å². The second-order valence-electron chi connectivity index (χ2n) is 13.2. The summed E-state index contributed by atoms with van der Waals surface area (Å²) in [5.74, 6) is 0. The zero-order chi connectivity index (χ0) is 33.0. The molecule has 0 N–H and O–H groups in total.